The molecule has 17 heteroatoms. The third-order valence-electron chi connectivity index (χ3n) is 5.57. The lowest BCUT2D eigenvalue weighted by Crippen LogP contribution is -2.33. The summed E-state index contributed by atoms with van der Waals surface area (Å²) in [5, 5.41) is 24.3. The van der Waals surface area contributed by atoms with Crippen molar-refractivity contribution in [2.45, 2.75) is 51.1 Å². The lowest BCUT2D eigenvalue weighted by atomic mass is 10.2. The van der Waals surface area contributed by atoms with Gasteiger partial charge in [-0.1, -0.05) is 11.6 Å². The van der Waals surface area contributed by atoms with Gasteiger partial charge in [-0.25, -0.2) is 23.3 Å². The van der Waals surface area contributed by atoms with Crippen molar-refractivity contribution in [3.63, 3.8) is 0 Å². The Balaban J connectivity index is 0.000000532. The molecule has 0 unspecified atom stereocenters. The Bertz CT molecular complexity index is 1400. The number of carbonyl (C=O) groups is 1. The Kier molecular flexibility index (Phi) is 9.79. The van der Waals surface area contributed by atoms with Gasteiger partial charge in [0.25, 0.3) is 0 Å². The second-order valence-corrected chi connectivity index (χ2v) is 10.7. The first-order valence-corrected chi connectivity index (χ1v) is 13.8. The summed E-state index contributed by atoms with van der Waals surface area (Å²) in [5.74, 6) is -1.31. The SMILES string of the molecule is CCn1cc(O[C@@H]2CCC[C@@H]2Nc2nc(NCCS(N)(=O)=O)nc3ccc(Cl)cc23)cn1.O=C(O)C(F)(F)F. The molecule has 5 N–H and O–H groups in total. The topological polar surface area (TPSA) is 174 Å². The summed E-state index contributed by atoms with van der Waals surface area (Å²) in [6.45, 7) is 2.91. The summed E-state index contributed by atoms with van der Waals surface area (Å²) in [7, 11) is -3.58. The minimum absolute atomic E-state index is 0.0347. The van der Waals surface area contributed by atoms with Gasteiger partial charge in [0.1, 0.15) is 11.9 Å². The lowest BCUT2D eigenvalue weighted by molar-refractivity contribution is -0.192. The van der Waals surface area contributed by atoms with Crippen LogP contribution in [0.25, 0.3) is 10.9 Å². The molecule has 0 amide bonds. The van der Waals surface area contributed by atoms with E-state index in [1.54, 1.807) is 18.3 Å². The Hall–Kier alpha value is -3.37. The van der Waals surface area contributed by atoms with E-state index in [4.69, 9.17) is 31.4 Å². The monoisotopic (exact) mass is 593 g/mol. The van der Waals surface area contributed by atoms with E-state index in [0.717, 1.165) is 36.9 Å². The summed E-state index contributed by atoms with van der Waals surface area (Å²) in [4.78, 5) is 18.0. The fraction of sp³-hybridized carbons (Fsp3) is 0.455. The van der Waals surface area contributed by atoms with Crippen LogP contribution in [0.4, 0.5) is 24.9 Å². The van der Waals surface area contributed by atoms with Crippen LogP contribution in [0.1, 0.15) is 26.2 Å². The number of fused-ring (bicyclic) bond motifs is 1. The summed E-state index contributed by atoms with van der Waals surface area (Å²) in [6, 6.07) is 5.40. The van der Waals surface area contributed by atoms with Gasteiger partial charge in [0.15, 0.2) is 5.75 Å². The number of ether oxygens (including phenoxy) is 1. The van der Waals surface area contributed by atoms with E-state index in [9.17, 15) is 21.6 Å². The molecule has 4 rings (SSSR count). The quantitative estimate of drug-likeness (QED) is 0.288. The number of carboxylic acids is 1. The van der Waals surface area contributed by atoms with E-state index in [-0.39, 0.29) is 24.4 Å². The number of aliphatic carboxylic acids is 1. The summed E-state index contributed by atoms with van der Waals surface area (Å²) >= 11 is 6.22. The zero-order valence-electron chi connectivity index (χ0n) is 20.7. The maximum atomic E-state index is 11.2. The molecule has 3 aromatic rings. The van der Waals surface area contributed by atoms with E-state index < -0.39 is 22.2 Å². The Morgan fingerprint density at radius 1 is 1.31 bits per heavy atom. The Morgan fingerprint density at radius 2 is 2.03 bits per heavy atom. The number of carboxylic acid groups (broad SMARTS) is 1. The number of nitrogens with one attached hydrogen (secondary N) is 2. The van der Waals surface area contributed by atoms with Crippen molar-refractivity contribution in [1.82, 2.24) is 19.7 Å². The number of halogens is 4. The number of aromatic nitrogens is 4. The smallest absolute Gasteiger partial charge is 0.485 e. The number of aryl methyl sites for hydroxylation is 1. The zero-order valence-corrected chi connectivity index (χ0v) is 22.2. The Labute approximate surface area is 226 Å². The molecular formula is C22H27ClF3N7O5S. The van der Waals surface area contributed by atoms with Crippen molar-refractivity contribution >= 4 is 50.3 Å². The van der Waals surface area contributed by atoms with Crippen molar-refractivity contribution in [3.8, 4) is 5.75 Å². The molecule has 1 saturated carbocycles. The maximum Gasteiger partial charge on any atom is 0.490 e. The van der Waals surface area contributed by atoms with E-state index in [2.05, 4.69) is 25.7 Å². The third kappa shape index (κ3) is 9.11. The highest BCUT2D eigenvalue weighted by atomic mass is 35.5. The van der Waals surface area contributed by atoms with Crippen LogP contribution in [0.15, 0.2) is 30.6 Å². The number of nitrogens with zero attached hydrogens (tertiary/aromatic N) is 4. The van der Waals surface area contributed by atoms with E-state index in [1.165, 1.54) is 0 Å². The fourth-order valence-corrected chi connectivity index (χ4v) is 4.31. The third-order valence-corrected chi connectivity index (χ3v) is 6.57. The van der Waals surface area contributed by atoms with Gasteiger partial charge in [0.05, 0.1) is 29.7 Å². The zero-order chi connectivity index (χ0) is 28.8. The number of sulfonamides is 1. The number of anilines is 2. The lowest BCUT2D eigenvalue weighted by Gasteiger charge is -2.23. The van der Waals surface area contributed by atoms with Gasteiger partial charge in [0.2, 0.25) is 16.0 Å². The van der Waals surface area contributed by atoms with Crippen molar-refractivity contribution < 1.29 is 36.2 Å². The van der Waals surface area contributed by atoms with E-state index in [1.807, 2.05) is 23.9 Å². The molecule has 1 fully saturated rings. The molecule has 2 atom stereocenters. The van der Waals surface area contributed by atoms with Crippen LogP contribution in [0.2, 0.25) is 5.02 Å². The molecule has 1 aliphatic carbocycles. The van der Waals surface area contributed by atoms with Crippen LogP contribution < -0.4 is 20.5 Å². The highest BCUT2D eigenvalue weighted by Gasteiger charge is 2.38. The normalized spacial score (nSPS) is 17.4. The van der Waals surface area contributed by atoms with Gasteiger partial charge in [0, 0.05) is 23.5 Å². The molecule has 2 heterocycles. The standard InChI is InChI=1S/C20H26ClN7O3S.C2HF3O2/c1-2-28-12-14(11-24-28)31-18-5-3-4-17(18)25-19-15-10-13(21)6-7-16(15)26-20(27-19)23-8-9-32(22,29)30;3-2(4,5)1(6)7/h6-7,10-12,17-18H,2-5,8-9H2,1H3,(H2,22,29,30)(H2,23,25,26,27);(H,6,7)/t17-,18+;/m0./s1. The van der Waals surface area contributed by atoms with Gasteiger partial charge < -0.3 is 20.5 Å². The van der Waals surface area contributed by atoms with E-state index in [0.29, 0.717) is 22.3 Å². The number of hydrogen-bond donors (Lipinski definition) is 4. The van der Waals surface area contributed by atoms with Crippen molar-refractivity contribution in [2.24, 2.45) is 5.14 Å². The predicted octanol–water partition coefficient (Wildman–Crippen LogP) is 3.25. The first kappa shape index (κ1) is 30.2. The minimum atomic E-state index is -5.08. The Morgan fingerprint density at radius 3 is 2.64 bits per heavy atom. The molecular weight excluding hydrogens is 567 g/mol. The first-order chi connectivity index (χ1) is 18.2. The number of primary sulfonamides is 1. The maximum absolute atomic E-state index is 11.2. The van der Waals surface area contributed by atoms with Gasteiger partial charge >= 0.3 is 12.1 Å². The minimum Gasteiger partial charge on any atom is -0.485 e. The van der Waals surface area contributed by atoms with Crippen LogP contribution in [0.3, 0.4) is 0 Å². The fourth-order valence-electron chi connectivity index (χ4n) is 3.76. The molecule has 0 bridgehead atoms. The highest BCUT2D eigenvalue weighted by Crippen LogP contribution is 2.31. The van der Waals surface area contributed by atoms with Gasteiger partial charge in [-0.2, -0.15) is 23.3 Å². The number of benzene rings is 1. The summed E-state index contributed by atoms with van der Waals surface area (Å²) in [5.41, 5.74) is 0.685. The molecule has 0 saturated heterocycles. The van der Waals surface area contributed by atoms with Crippen LogP contribution in [0, 0.1) is 0 Å². The second kappa shape index (κ2) is 12.7. The molecule has 0 spiro atoms. The molecule has 214 valence electrons. The second-order valence-electron chi connectivity index (χ2n) is 8.52. The summed E-state index contributed by atoms with van der Waals surface area (Å²) in [6.07, 6.45) is 1.36. The average molecular weight is 594 g/mol. The number of alkyl halides is 3. The molecule has 0 aliphatic heterocycles. The number of nitrogens with two attached hydrogens (primary N) is 1. The van der Waals surface area contributed by atoms with Crippen LogP contribution in [0.5, 0.6) is 5.75 Å². The summed E-state index contributed by atoms with van der Waals surface area (Å²) < 4.78 is 62.2. The largest absolute Gasteiger partial charge is 0.490 e. The van der Waals surface area contributed by atoms with Crippen LogP contribution in [-0.2, 0) is 21.4 Å². The molecule has 2 aromatic heterocycles. The first-order valence-electron chi connectivity index (χ1n) is 11.7. The van der Waals surface area contributed by atoms with Gasteiger partial charge in [-0.3, -0.25) is 4.68 Å². The average Bonchev–Trinajstić information content (AvgIpc) is 3.48. The molecule has 39 heavy (non-hydrogen) atoms. The van der Waals surface area contributed by atoms with Crippen molar-refractivity contribution in [2.75, 3.05) is 22.9 Å². The highest BCUT2D eigenvalue weighted by molar-refractivity contribution is 7.89. The molecule has 1 aliphatic rings. The van der Waals surface area contributed by atoms with Gasteiger partial charge in [-0.05, 0) is 44.4 Å². The van der Waals surface area contributed by atoms with Crippen molar-refractivity contribution in [1.29, 1.82) is 0 Å². The number of rotatable bonds is 9. The predicted molar refractivity (Wildman–Crippen MR) is 138 cm³/mol. The number of hydrogen-bond acceptors (Lipinski definition) is 9. The van der Waals surface area contributed by atoms with E-state index >= 15 is 0 Å². The van der Waals surface area contributed by atoms with Crippen LogP contribution in [-0.4, -0.2) is 69.9 Å². The van der Waals surface area contributed by atoms with Gasteiger partial charge in [-0.15, -0.1) is 0 Å². The molecule has 12 nitrogen and oxygen atoms in total. The molecule has 0 radical (unpaired) electrons. The van der Waals surface area contributed by atoms with Crippen LogP contribution >= 0.6 is 11.6 Å². The van der Waals surface area contributed by atoms with Crippen molar-refractivity contribution in [3.05, 3.63) is 35.6 Å². The molecule has 1 aromatic carbocycles.